The number of hydrogen-bond donors (Lipinski definition) is 0. The molecule has 1 fully saturated rings. The van der Waals surface area contributed by atoms with Crippen molar-refractivity contribution in [2.24, 2.45) is 0 Å². The Hall–Kier alpha value is -3.23. The third-order valence-corrected chi connectivity index (χ3v) is 6.34. The predicted molar refractivity (Wildman–Crippen MR) is 130 cm³/mol. The molecule has 2 aromatic carbocycles. The van der Waals surface area contributed by atoms with Crippen molar-refractivity contribution in [3.8, 4) is 5.69 Å². The van der Waals surface area contributed by atoms with E-state index < -0.39 is 11.8 Å². The van der Waals surface area contributed by atoms with Gasteiger partial charge in [-0.2, -0.15) is 0 Å². The van der Waals surface area contributed by atoms with Gasteiger partial charge in [0.1, 0.15) is 17.2 Å². The van der Waals surface area contributed by atoms with Gasteiger partial charge in [-0.3, -0.25) is 9.55 Å². The minimum atomic E-state index is -0.457. The molecule has 1 aliphatic heterocycles. The summed E-state index contributed by atoms with van der Waals surface area (Å²) in [6, 6.07) is 8.35. The van der Waals surface area contributed by atoms with Crippen LogP contribution in [0.1, 0.15) is 29.5 Å². The second kappa shape index (κ2) is 9.19. The van der Waals surface area contributed by atoms with Gasteiger partial charge in [-0.1, -0.05) is 18.5 Å². The highest BCUT2D eigenvalue weighted by molar-refractivity contribution is 6.35. The number of benzene rings is 2. The van der Waals surface area contributed by atoms with Gasteiger partial charge in [0.25, 0.3) is 0 Å². The summed E-state index contributed by atoms with van der Waals surface area (Å²) in [4.78, 5) is 24.2. The highest BCUT2D eigenvalue weighted by Gasteiger charge is 2.24. The number of imidazole rings is 1. The second-order valence-corrected chi connectivity index (χ2v) is 8.59. The quantitative estimate of drug-likeness (QED) is 0.375. The summed E-state index contributed by atoms with van der Waals surface area (Å²) in [5.74, 6) is -0.145. The number of rotatable bonds is 5. The maximum Gasteiger partial charge on any atom is 0.340 e. The van der Waals surface area contributed by atoms with E-state index in [0.717, 1.165) is 23.4 Å². The Balaban J connectivity index is 1.85. The number of aryl methyl sites for hydroxylation is 1. The Morgan fingerprint density at radius 1 is 1.21 bits per heavy atom. The summed E-state index contributed by atoms with van der Waals surface area (Å²) >= 11 is 6.32. The van der Waals surface area contributed by atoms with E-state index in [-0.39, 0.29) is 5.02 Å². The fourth-order valence-electron chi connectivity index (χ4n) is 4.50. The molecule has 34 heavy (non-hydrogen) atoms. The number of anilines is 1. The average Bonchev–Trinajstić information content (AvgIpc) is 3.21. The zero-order chi connectivity index (χ0) is 23.8. The third-order valence-electron chi connectivity index (χ3n) is 6.05. The van der Waals surface area contributed by atoms with Crippen LogP contribution in [0.25, 0.3) is 27.6 Å². The number of fused-ring (bicyclic) bond motifs is 2. The van der Waals surface area contributed by atoms with Crippen molar-refractivity contribution >= 4 is 45.2 Å². The Morgan fingerprint density at radius 2 is 2.00 bits per heavy atom. The summed E-state index contributed by atoms with van der Waals surface area (Å²) in [5.41, 5.74) is 3.75. The molecular formula is C25H24ClFN4O3. The molecule has 0 amide bonds. The molecule has 5 rings (SSSR count). The zero-order valence-electron chi connectivity index (χ0n) is 19.0. The number of nitrogens with zero attached hydrogens (tertiary/aromatic N) is 4. The van der Waals surface area contributed by atoms with Gasteiger partial charge in [-0.05, 0) is 36.8 Å². The van der Waals surface area contributed by atoms with Crippen LogP contribution in [0.5, 0.6) is 0 Å². The molecule has 4 aromatic rings. The van der Waals surface area contributed by atoms with Crippen molar-refractivity contribution < 1.29 is 18.7 Å². The van der Waals surface area contributed by atoms with E-state index >= 15 is 0 Å². The van der Waals surface area contributed by atoms with Crippen LogP contribution < -0.4 is 4.90 Å². The lowest BCUT2D eigenvalue weighted by molar-refractivity contribution is 0.0603. The van der Waals surface area contributed by atoms with Crippen LogP contribution in [0, 0.1) is 5.82 Å². The molecule has 0 radical (unpaired) electrons. The number of carbonyl (C=O) groups is 1. The Morgan fingerprint density at radius 3 is 2.74 bits per heavy atom. The van der Waals surface area contributed by atoms with Crippen molar-refractivity contribution in [3.63, 3.8) is 0 Å². The first-order valence-corrected chi connectivity index (χ1v) is 11.6. The molecule has 7 nitrogen and oxygen atoms in total. The van der Waals surface area contributed by atoms with Gasteiger partial charge >= 0.3 is 5.97 Å². The van der Waals surface area contributed by atoms with Crippen molar-refractivity contribution in [2.75, 3.05) is 38.3 Å². The van der Waals surface area contributed by atoms with E-state index in [4.69, 9.17) is 26.1 Å². The first-order chi connectivity index (χ1) is 16.5. The minimum Gasteiger partial charge on any atom is -0.465 e. The fraction of sp³-hybridized carbons (Fsp3) is 0.320. The molecule has 0 atom stereocenters. The third kappa shape index (κ3) is 3.86. The molecular weight excluding hydrogens is 459 g/mol. The monoisotopic (exact) mass is 482 g/mol. The van der Waals surface area contributed by atoms with Crippen LogP contribution in [0.2, 0.25) is 5.02 Å². The van der Waals surface area contributed by atoms with Gasteiger partial charge in [0.05, 0.1) is 47.6 Å². The number of morpholine rings is 1. The van der Waals surface area contributed by atoms with Crippen molar-refractivity contribution in [3.05, 3.63) is 58.8 Å². The maximum absolute atomic E-state index is 14.4. The first-order valence-electron chi connectivity index (χ1n) is 11.2. The number of hydrogen-bond acceptors (Lipinski definition) is 6. The van der Waals surface area contributed by atoms with Gasteiger partial charge < -0.3 is 14.4 Å². The van der Waals surface area contributed by atoms with Crippen LogP contribution in [0.15, 0.2) is 36.5 Å². The Labute approximate surface area is 201 Å². The molecule has 0 N–H and O–H groups in total. The minimum absolute atomic E-state index is 0.238. The van der Waals surface area contributed by atoms with Crippen molar-refractivity contribution in [2.45, 2.75) is 19.8 Å². The predicted octanol–water partition coefficient (Wildman–Crippen LogP) is 4.94. The standard InChI is InChI=1S/C25H24ClFN4O3/c1-3-4-22-29-24-18(25(32)33-2)13-16(30-7-9-34-10-8-30)14-21(24)31(22)20-5-6-28-23-17(20)11-15(27)12-19(23)26/h5-6,11-14H,3-4,7-10H2,1-2H3. The fourth-order valence-corrected chi connectivity index (χ4v) is 4.75. The molecule has 1 saturated heterocycles. The smallest absolute Gasteiger partial charge is 0.340 e. The second-order valence-electron chi connectivity index (χ2n) is 8.18. The van der Waals surface area contributed by atoms with Crippen molar-refractivity contribution in [1.29, 1.82) is 0 Å². The zero-order valence-corrected chi connectivity index (χ0v) is 19.7. The van der Waals surface area contributed by atoms with Gasteiger partial charge in [0.15, 0.2) is 0 Å². The lowest BCUT2D eigenvalue weighted by Gasteiger charge is -2.29. The van der Waals surface area contributed by atoms with E-state index in [9.17, 15) is 9.18 Å². The summed E-state index contributed by atoms with van der Waals surface area (Å²) in [5, 5.41) is 0.808. The summed E-state index contributed by atoms with van der Waals surface area (Å²) < 4.78 is 27.0. The van der Waals surface area contributed by atoms with Crippen LogP contribution in [-0.4, -0.2) is 53.9 Å². The molecule has 0 saturated carbocycles. The summed E-state index contributed by atoms with van der Waals surface area (Å²) in [7, 11) is 1.36. The van der Waals surface area contributed by atoms with Crippen LogP contribution in [0.3, 0.4) is 0 Å². The lowest BCUT2D eigenvalue weighted by Crippen LogP contribution is -2.36. The van der Waals surface area contributed by atoms with Crippen LogP contribution in [0.4, 0.5) is 10.1 Å². The SMILES string of the molecule is CCCc1nc2c(C(=O)OC)cc(N3CCOCC3)cc2n1-c1ccnc2c(Cl)cc(F)cc12. The number of pyridine rings is 1. The van der Waals surface area contributed by atoms with E-state index in [0.29, 0.717) is 60.4 Å². The van der Waals surface area contributed by atoms with E-state index in [1.807, 2.05) is 22.8 Å². The van der Waals surface area contributed by atoms with E-state index in [1.165, 1.54) is 19.2 Å². The maximum atomic E-state index is 14.4. The van der Waals surface area contributed by atoms with Gasteiger partial charge in [0.2, 0.25) is 0 Å². The number of methoxy groups -OCH3 is 1. The highest BCUT2D eigenvalue weighted by atomic mass is 35.5. The molecule has 0 aliphatic carbocycles. The molecule has 0 spiro atoms. The molecule has 3 heterocycles. The first kappa shape index (κ1) is 22.6. The molecule has 9 heteroatoms. The number of aromatic nitrogens is 3. The van der Waals surface area contributed by atoms with E-state index in [2.05, 4.69) is 16.8 Å². The molecule has 2 aromatic heterocycles. The largest absolute Gasteiger partial charge is 0.465 e. The molecule has 1 aliphatic rings. The van der Waals surface area contributed by atoms with E-state index in [1.54, 1.807) is 6.20 Å². The number of halogens is 2. The van der Waals surface area contributed by atoms with Crippen molar-refractivity contribution in [1.82, 2.24) is 14.5 Å². The Kier molecular flexibility index (Phi) is 6.10. The average molecular weight is 483 g/mol. The van der Waals surface area contributed by atoms with Gasteiger partial charge in [-0.15, -0.1) is 0 Å². The lowest BCUT2D eigenvalue weighted by atomic mass is 10.1. The molecule has 0 bridgehead atoms. The Bertz CT molecular complexity index is 1400. The number of esters is 1. The summed E-state index contributed by atoms with van der Waals surface area (Å²) in [6.07, 6.45) is 3.15. The summed E-state index contributed by atoms with van der Waals surface area (Å²) in [6.45, 7) is 4.70. The van der Waals surface area contributed by atoms with Crippen LogP contribution >= 0.6 is 11.6 Å². The normalized spacial score (nSPS) is 14.2. The number of carbonyl (C=O) groups excluding carboxylic acids is 1. The van der Waals surface area contributed by atoms with Gasteiger partial charge in [0, 0.05) is 36.8 Å². The number of ether oxygens (including phenoxy) is 2. The topological polar surface area (TPSA) is 69.5 Å². The van der Waals surface area contributed by atoms with Gasteiger partial charge in [-0.25, -0.2) is 14.2 Å². The van der Waals surface area contributed by atoms with Crippen LogP contribution in [-0.2, 0) is 15.9 Å². The molecule has 0 unspecified atom stereocenters. The highest BCUT2D eigenvalue weighted by Crippen LogP contribution is 2.34. The molecule has 176 valence electrons.